The van der Waals surface area contributed by atoms with E-state index in [0.717, 1.165) is 40.6 Å². The number of nitrogens with zero attached hydrogens (tertiary/aromatic N) is 3. The van der Waals surface area contributed by atoms with Gasteiger partial charge in [-0.3, -0.25) is 0 Å². The molecule has 0 unspecified atom stereocenters. The minimum Gasteiger partial charge on any atom is -0.360 e. The van der Waals surface area contributed by atoms with Crippen molar-refractivity contribution in [3.05, 3.63) is 107 Å². The Bertz CT molecular complexity index is 1490. The first-order valence-corrected chi connectivity index (χ1v) is 15.5. The second-order valence-electron chi connectivity index (χ2n) is 10.7. The fourth-order valence-electron chi connectivity index (χ4n) is 5.37. The van der Waals surface area contributed by atoms with Crippen molar-refractivity contribution in [1.82, 2.24) is 13.8 Å². The van der Waals surface area contributed by atoms with Gasteiger partial charge in [-0.15, -0.1) is 0 Å². The van der Waals surface area contributed by atoms with E-state index in [-0.39, 0.29) is 12.5 Å². The van der Waals surface area contributed by atoms with Gasteiger partial charge >= 0.3 is 0 Å². The van der Waals surface area contributed by atoms with E-state index < -0.39 is 10.0 Å². The maximum Gasteiger partial charge on any atom is 0.219 e. The molecular weight excluding hydrogens is 522 g/mol. The van der Waals surface area contributed by atoms with E-state index in [1.165, 1.54) is 22.7 Å². The number of sulfonamides is 1. The molecule has 4 aromatic rings. The molecule has 8 heteroatoms. The molecule has 5 rings (SSSR count). The van der Waals surface area contributed by atoms with Gasteiger partial charge in [0.25, 0.3) is 0 Å². The highest BCUT2D eigenvalue weighted by molar-refractivity contribution is 7.88. The molecule has 1 saturated heterocycles. The summed E-state index contributed by atoms with van der Waals surface area (Å²) in [5.74, 6) is -0.0768. The van der Waals surface area contributed by atoms with Crippen molar-refractivity contribution in [3.63, 3.8) is 0 Å². The summed E-state index contributed by atoms with van der Waals surface area (Å²) in [5, 5.41) is 1.10. The highest BCUT2D eigenvalue weighted by Crippen LogP contribution is 2.28. The molecule has 0 amide bonds. The fraction of sp³-hybridized carbons (Fsp3) is 0.375. The van der Waals surface area contributed by atoms with Crippen molar-refractivity contribution in [2.75, 3.05) is 27.4 Å². The Morgan fingerprint density at radius 1 is 0.900 bits per heavy atom. The topological polar surface area (TPSA) is 64.0 Å². The first-order valence-electron chi connectivity index (χ1n) is 13.9. The molecule has 2 heterocycles. The van der Waals surface area contributed by atoms with E-state index in [1.807, 2.05) is 66.7 Å². The Kier molecular flexibility index (Phi) is 9.34. The molecule has 0 spiro atoms. The van der Waals surface area contributed by atoms with Gasteiger partial charge < -0.3 is 18.9 Å². The zero-order valence-corrected chi connectivity index (χ0v) is 24.2. The molecule has 0 aliphatic carbocycles. The largest absolute Gasteiger partial charge is 0.360 e. The average Bonchev–Trinajstić information content (AvgIpc) is 3.52. The Hall–Kier alpha value is -3.01. The van der Waals surface area contributed by atoms with E-state index in [9.17, 15) is 8.42 Å². The number of aromatic nitrogens is 1. The second-order valence-corrected chi connectivity index (χ2v) is 12.8. The van der Waals surface area contributed by atoms with Gasteiger partial charge in [0.2, 0.25) is 10.0 Å². The highest BCUT2D eigenvalue weighted by Gasteiger charge is 2.24. The summed E-state index contributed by atoms with van der Waals surface area (Å²) in [6.07, 6.45) is 5.50. The first-order chi connectivity index (χ1) is 19.4. The van der Waals surface area contributed by atoms with Gasteiger partial charge in [0.05, 0.1) is 24.5 Å². The van der Waals surface area contributed by atoms with Crippen LogP contribution in [0.5, 0.6) is 0 Å². The Morgan fingerprint density at radius 2 is 1.57 bits per heavy atom. The normalized spacial score (nSPS) is 16.3. The summed E-state index contributed by atoms with van der Waals surface area (Å²) in [4.78, 5) is 2.42. The van der Waals surface area contributed by atoms with Crippen LogP contribution in [0.2, 0.25) is 0 Å². The van der Waals surface area contributed by atoms with Crippen LogP contribution in [0, 0.1) is 0 Å². The summed E-state index contributed by atoms with van der Waals surface area (Å²) >= 11 is 0. The van der Waals surface area contributed by atoms with Gasteiger partial charge in [0.15, 0.2) is 0 Å². The quantitative estimate of drug-likeness (QED) is 0.205. The summed E-state index contributed by atoms with van der Waals surface area (Å²) in [6, 6.07) is 26.4. The van der Waals surface area contributed by atoms with E-state index >= 15 is 0 Å². The monoisotopic (exact) mass is 561 g/mol. The Labute approximate surface area is 238 Å². The number of benzene rings is 3. The summed E-state index contributed by atoms with van der Waals surface area (Å²) < 4.78 is 41.5. The van der Waals surface area contributed by atoms with E-state index in [4.69, 9.17) is 9.47 Å². The van der Waals surface area contributed by atoms with Crippen molar-refractivity contribution < 1.29 is 17.9 Å². The number of rotatable bonds is 13. The zero-order chi connectivity index (χ0) is 28.0. The molecule has 0 saturated carbocycles. The Balaban J connectivity index is 1.30. The van der Waals surface area contributed by atoms with Crippen LogP contribution >= 0.6 is 0 Å². The van der Waals surface area contributed by atoms with Gasteiger partial charge in [0, 0.05) is 24.7 Å². The standard InChI is InChI=1S/C32H39N3O4S/c1-33-17-9-14-30(33)19-29-20-35(25-39-22-27-12-7-4-8-13-27)32-16-15-28(18-31(29)32)23-40(36,37)34(2)24-38-21-26-10-5-3-6-11-26/h3-8,10-13,15-16,18,20,30H,9,14,17,19,21-25H2,1-2H3/t30-/m1/s1. The van der Waals surface area contributed by atoms with Crippen LogP contribution < -0.4 is 0 Å². The van der Waals surface area contributed by atoms with Crippen LogP contribution in [0.3, 0.4) is 0 Å². The number of hydrogen-bond acceptors (Lipinski definition) is 5. The van der Waals surface area contributed by atoms with Gasteiger partial charge in [-0.05, 0) is 67.2 Å². The zero-order valence-electron chi connectivity index (χ0n) is 23.4. The van der Waals surface area contributed by atoms with Gasteiger partial charge in [-0.25, -0.2) is 8.42 Å². The SMILES string of the molecule is CN1CCC[C@@H]1Cc1cn(COCc2ccccc2)c2ccc(CS(=O)(=O)N(C)COCc3ccccc3)cc12. The number of ether oxygens (including phenoxy) is 2. The lowest BCUT2D eigenvalue weighted by atomic mass is 10.0. The first kappa shape index (κ1) is 28.5. The lowest BCUT2D eigenvalue weighted by Crippen LogP contribution is -2.30. The van der Waals surface area contributed by atoms with Crippen LogP contribution in [-0.4, -0.2) is 55.6 Å². The lowest BCUT2D eigenvalue weighted by Gasteiger charge is -2.19. The van der Waals surface area contributed by atoms with Crippen molar-refractivity contribution in [1.29, 1.82) is 0 Å². The van der Waals surface area contributed by atoms with Crippen molar-refractivity contribution >= 4 is 20.9 Å². The molecule has 0 radical (unpaired) electrons. The van der Waals surface area contributed by atoms with Crippen LogP contribution in [0.15, 0.2) is 85.1 Å². The van der Waals surface area contributed by atoms with Gasteiger partial charge in [0.1, 0.15) is 13.5 Å². The number of hydrogen-bond donors (Lipinski definition) is 0. The van der Waals surface area contributed by atoms with Crippen LogP contribution in [0.4, 0.5) is 0 Å². The fourth-order valence-corrected chi connectivity index (χ4v) is 6.43. The summed E-state index contributed by atoms with van der Waals surface area (Å²) in [6.45, 7) is 2.46. The minimum atomic E-state index is -3.55. The number of likely N-dealkylation sites (N-methyl/N-ethyl adjacent to an activating group) is 1. The lowest BCUT2D eigenvalue weighted by molar-refractivity contribution is 0.0667. The second kappa shape index (κ2) is 13.1. The maximum absolute atomic E-state index is 13.2. The van der Waals surface area contributed by atoms with Crippen molar-refractivity contribution in [3.8, 4) is 0 Å². The number of fused-ring (bicyclic) bond motifs is 1. The molecule has 1 aromatic heterocycles. The third kappa shape index (κ3) is 7.19. The molecule has 1 fully saturated rings. The Morgan fingerprint density at radius 3 is 2.23 bits per heavy atom. The molecule has 40 heavy (non-hydrogen) atoms. The van der Waals surface area contributed by atoms with Crippen LogP contribution in [0.25, 0.3) is 10.9 Å². The molecule has 1 atom stereocenters. The maximum atomic E-state index is 13.2. The third-order valence-corrected chi connectivity index (χ3v) is 9.46. The highest BCUT2D eigenvalue weighted by atomic mass is 32.2. The van der Waals surface area contributed by atoms with Gasteiger partial charge in [-0.1, -0.05) is 66.7 Å². The summed E-state index contributed by atoms with van der Waals surface area (Å²) in [7, 11) is 0.208. The predicted octanol–water partition coefficient (Wildman–Crippen LogP) is 5.39. The molecule has 0 N–H and O–H groups in total. The van der Waals surface area contributed by atoms with Crippen LogP contribution in [-0.2, 0) is 51.6 Å². The molecule has 212 valence electrons. The summed E-state index contributed by atoms with van der Waals surface area (Å²) in [5.41, 5.74) is 5.21. The minimum absolute atomic E-state index is 0.00780. The molecule has 1 aliphatic heterocycles. The third-order valence-electron chi connectivity index (χ3n) is 7.71. The number of likely N-dealkylation sites (tertiary alicyclic amines) is 1. The van der Waals surface area contributed by atoms with E-state index in [1.54, 1.807) is 7.05 Å². The average molecular weight is 562 g/mol. The molecule has 1 aliphatic rings. The van der Waals surface area contributed by atoms with Gasteiger partial charge in [-0.2, -0.15) is 4.31 Å². The predicted molar refractivity (Wildman–Crippen MR) is 159 cm³/mol. The van der Waals surface area contributed by atoms with E-state index in [2.05, 4.69) is 34.8 Å². The van der Waals surface area contributed by atoms with Crippen molar-refractivity contribution in [2.45, 2.75) is 51.0 Å². The molecule has 0 bridgehead atoms. The molecular formula is C32H39N3O4S. The molecule has 3 aromatic carbocycles. The van der Waals surface area contributed by atoms with Crippen LogP contribution in [0.1, 0.15) is 35.1 Å². The molecule has 7 nitrogen and oxygen atoms in total. The van der Waals surface area contributed by atoms with E-state index in [0.29, 0.717) is 26.0 Å². The van der Waals surface area contributed by atoms with Crippen molar-refractivity contribution in [2.24, 2.45) is 0 Å². The smallest absolute Gasteiger partial charge is 0.219 e.